The molecule has 2 heterocycles. The maximum atomic E-state index is 13.1. The van der Waals surface area contributed by atoms with Gasteiger partial charge >= 0.3 is 12.0 Å². The maximum absolute atomic E-state index is 13.1. The number of nitrogens with one attached hydrogen (secondary N) is 3. The second-order valence-corrected chi connectivity index (χ2v) is 10.2. The highest BCUT2D eigenvalue weighted by molar-refractivity contribution is 6.09. The molecule has 0 spiro atoms. The molecule has 0 saturated carbocycles. The summed E-state index contributed by atoms with van der Waals surface area (Å²) in [5.74, 6) is 0.219. The van der Waals surface area contributed by atoms with Gasteiger partial charge in [-0.3, -0.25) is 4.90 Å². The number of carbonyl (C=O) groups excluding carboxylic acids is 2. The van der Waals surface area contributed by atoms with Crippen LogP contribution in [-0.2, 0) is 14.9 Å². The third kappa shape index (κ3) is 6.06. The minimum Gasteiger partial charge on any atom is -0.492 e. The number of ether oxygens (including phenoxy) is 3. The van der Waals surface area contributed by atoms with Crippen molar-refractivity contribution >= 4 is 34.1 Å². The summed E-state index contributed by atoms with van der Waals surface area (Å²) in [5.41, 5.74) is 2.65. The molecule has 0 radical (unpaired) electrons. The molecule has 1 fully saturated rings. The zero-order valence-electron chi connectivity index (χ0n) is 22.2. The van der Waals surface area contributed by atoms with Crippen molar-refractivity contribution in [2.45, 2.75) is 33.1 Å². The van der Waals surface area contributed by atoms with Crippen LogP contribution in [0.15, 0.2) is 36.4 Å². The van der Waals surface area contributed by atoms with E-state index in [9.17, 15) is 9.59 Å². The fourth-order valence-electron chi connectivity index (χ4n) is 4.64. The zero-order valence-corrected chi connectivity index (χ0v) is 22.2. The molecule has 9 heteroatoms. The van der Waals surface area contributed by atoms with E-state index >= 15 is 0 Å². The number of hydrogen-bond donors (Lipinski definition) is 3. The molecule has 1 aromatic heterocycles. The number of esters is 1. The second kappa shape index (κ2) is 11.2. The molecule has 4 rings (SSSR count). The molecule has 0 atom stereocenters. The van der Waals surface area contributed by atoms with Gasteiger partial charge in [0.05, 0.1) is 31.7 Å². The molecule has 37 heavy (non-hydrogen) atoms. The summed E-state index contributed by atoms with van der Waals surface area (Å²) < 4.78 is 16.5. The summed E-state index contributed by atoms with van der Waals surface area (Å²) in [7, 11) is 1.32. The molecule has 0 bridgehead atoms. The first kappa shape index (κ1) is 26.5. The molecule has 1 aliphatic rings. The number of nitrogens with zero attached hydrogens (tertiary/aromatic N) is 1. The highest BCUT2D eigenvalue weighted by Gasteiger charge is 2.27. The number of methoxy groups -OCH3 is 1. The molecule has 2 amide bonds. The van der Waals surface area contributed by atoms with Crippen LogP contribution in [-0.4, -0.2) is 68.4 Å². The van der Waals surface area contributed by atoms with E-state index in [0.717, 1.165) is 60.6 Å². The molecule has 3 N–H and O–H groups in total. The number of urea groups is 1. The predicted octanol–water partition coefficient (Wildman–Crippen LogP) is 4.92. The lowest BCUT2D eigenvalue weighted by Crippen LogP contribution is -2.38. The van der Waals surface area contributed by atoms with Gasteiger partial charge in [-0.15, -0.1) is 0 Å². The van der Waals surface area contributed by atoms with Gasteiger partial charge in [0.1, 0.15) is 18.1 Å². The fraction of sp³-hybridized carbons (Fsp3) is 0.429. The number of aromatic nitrogens is 1. The highest BCUT2D eigenvalue weighted by Crippen LogP contribution is 2.34. The van der Waals surface area contributed by atoms with Gasteiger partial charge in [0.2, 0.25) is 0 Å². The van der Waals surface area contributed by atoms with Crippen LogP contribution in [0.5, 0.6) is 5.75 Å². The van der Waals surface area contributed by atoms with Crippen LogP contribution in [0.2, 0.25) is 0 Å². The lowest BCUT2D eigenvalue weighted by molar-refractivity contribution is 0.0323. The number of morpholine rings is 1. The predicted molar refractivity (Wildman–Crippen MR) is 145 cm³/mol. The van der Waals surface area contributed by atoms with E-state index in [1.54, 1.807) is 0 Å². The van der Waals surface area contributed by atoms with E-state index in [2.05, 4.69) is 20.5 Å². The Labute approximate surface area is 217 Å². The van der Waals surface area contributed by atoms with E-state index in [4.69, 9.17) is 14.2 Å². The molecule has 9 nitrogen and oxygen atoms in total. The lowest BCUT2D eigenvalue weighted by Gasteiger charge is -2.26. The standard InChI is InChI=1S/C28H36N4O5/c1-18-23(24(26(33)35-5)30-25(18)28(2,3)4)31-27(34)29-21-10-11-22(20-9-7-6-8-19(20)21)37-17-14-32-12-15-36-16-13-32/h6-11,30H,12-17H2,1-5H3,(H2,29,31,34). The summed E-state index contributed by atoms with van der Waals surface area (Å²) in [6, 6.07) is 11.0. The number of benzene rings is 2. The Morgan fingerprint density at radius 1 is 1.05 bits per heavy atom. The van der Waals surface area contributed by atoms with Crippen LogP contribution >= 0.6 is 0 Å². The van der Waals surface area contributed by atoms with Gasteiger partial charge in [0, 0.05) is 41.5 Å². The number of hydrogen-bond acceptors (Lipinski definition) is 6. The quantitative estimate of drug-likeness (QED) is 0.392. The summed E-state index contributed by atoms with van der Waals surface area (Å²) >= 11 is 0. The summed E-state index contributed by atoms with van der Waals surface area (Å²) in [4.78, 5) is 31.0. The molecule has 198 valence electrons. The van der Waals surface area contributed by atoms with Gasteiger partial charge < -0.3 is 29.8 Å². The summed E-state index contributed by atoms with van der Waals surface area (Å²) in [6.45, 7) is 12.7. The monoisotopic (exact) mass is 508 g/mol. The Hall–Kier alpha value is -3.56. The summed E-state index contributed by atoms with van der Waals surface area (Å²) in [5, 5.41) is 7.56. The first-order valence-corrected chi connectivity index (χ1v) is 12.5. The lowest BCUT2D eigenvalue weighted by atomic mass is 9.90. The third-order valence-corrected chi connectivity index (χ3v) is 6.53. The van der Waals surface area contributed by atoms with Crippen molar-refractivity contribution in [3.05, 3.63) is 53.3 Å². The Morgan fingerprint density at radius 3 is 2.43 bits per heavy atom. The van der Waals surface area contributed by atoms with Gasteiger partial charge in [-0.2, -0.15) is 0 Å². The largest absolute Gasteiger partial charge is 0.492 e. The molecule has 0 unspecified atom stereocenters. The number of anilines is 2. The molecule has 1 saturated heterocycles. The van der Waals surface area contributed by atoms with Crippen molar-refractivity contribution < 1.29 is 23.8 Å². The average Bonchev–Trinajstić information content (AvgIpc) is 3.21. The van der Waals surface area contributed by atoms with Crippen LogP contribution in [0.3, 0.4) is 0 Å². The van der Waals surface area contributed by atoms with Crippen molar-refractivity contribution in [2.24, 2.45) is 0 Å². The number of carbonyl (C=O) groups is 2. The molecule has 2 aromatic carbocycles. The van der Waals surface area contributed by atoms with E-state index in [1.165, 1.54) is 7.11 Å². The average molecular weight is 509 g/mol. The van der Waals surface area contributed by atoms with Gasteiger partial charge in [0.25, 0.3) is 0 Å². The second-order valence-electron chi connectivity index (χ2n) is 10.2. The SMILES string of the molecule is COC(=O)c1[nH]c(C(C)(C)C)c(C)c1NC(=O)Nc1ccc(OCCN2CCOCC2)c2ccccc12. The Morgan fingerprint density at radius 2 is 1.76 bits per heavy atom. The zero-order chi connectivity index (χ0) is 26.6. The van der Waals surface area contributed by atoms with E-state index in [1.807, 2.05) is 64.1 Å². The van der Waals surface area contributed by atoms with Crippen LogP contribution < -0.4 is 15.4 Å². The summed E-state index contributed by atoms with van der Waals surface area (Å²) in [6.07, 6.45) is 0. The molecular weight excluding hydrogens is 472 g/mol. The minimum absolute atomic E-state index is 0.217. The Bertz CT molecular complexity index is 1270. The molecular formula is C28H36N4O5. The maximum Gasteiger partial charge on any atom is 0.356 e. The van der Waals surface area contributed by atoms with Gasteiger partial charge in [-0.25, -0.2) is 9.59 Å². The molecule has 1 aliphatic heterocycles. The van der Waals surface area contributed by atoms with Crippen molar-refractivity contribution in [2.75, 3.05) is 57.2 Å². The van der Waals surface area contributed by atoms with Gasteiger partial charge in [0.15, 0.2) is 0 Å². The van der Waals surface area contributed by atoms with Gasteiger partial charge in [-0.05, 0) is 24.6 Å². The van der Waals surface area contributed by atoms with Crippen molar-refractivity contribution in [3.8, 4) is 5.75 Å². The molecule has 0 aliphatic carbocycles. The minimum atomic E-state index is -0.544. The van der Waals surface area contributed by atoms with Crippen molar-refractivity contribution in [1.82, 2.24) is 9.88 Å². The normalized spacial score (nSPS) is 14.4. The number of fused-ring (bicyclic) bond motifs is 1. The first-order chi connectivity index (χ1) is 17.7. The van der Waals surface area contributed by atoms with E-state index in [-0.39, 0.29) is 11.1 Å². The highest BCUT2D eigenvalue weighted by atomic mass is 16.5. The van der Waals surface area contributed by atoms with E-state index < -0.39 is 12.0 Å². The van der Waals surface area contributed by atoms with Crippen LogP contribution in [0.1, 0.15) is 42.5 Å². The number of aromatic amines is 1. The Kier molecular flexibility index (Phi) is 8.04. The number of H-pyrrole nitrogens is 1. The van der Waals surface area contributed by atoms with Crippen LogP contribution in [0.4, 0.5) is 16.2 Å². The Balaban J connectivity index is 1.52. The topological polar surface area (TPSA) is 105 Å². The smallest absolute Gasteiger partial charge is 0.356 e. The fourth-order valence-corrected chi connectivity index (χ4v) is 4.64. The van der Waals surface area contributed by atoms with Crippen molar-refractivity contribution in [1.29, 1.82) is 0 Å². The third-order valence-electron chi connectivity index (χ3n) is 6.53. The number of rotatable bonds is 7. The van der Waals surface area contributed by atoms with Crippen molar-refractivity contribution in [3.63, 3.8) is 0 Å². The van der Waals surface area contributed by atoms with Crippen LogP contribution in [0.25, 0.3) is 10.8 Å². The number of amides is 2. The first-order valence-electron chi connectivity index (χ1n) is 12.5. The van der Waals surface area contributed by atoms with Crippen LogP contribution in [0, 0.1) is 6.92 Å². The van der Waals surface area contributed by atoms with Gasteiger partial charge in [-0.1, -0.05) is 45.0 Å². The van der Waals surface area contributed by atoms with E-state index in [0.29, 0.717) is 18.0 Å². The molecule has 3 aromatic rings.